The van der Waals surface area contributed by atoms with Crippen LogP contribution in [0.25, 0.3) is 5.69 Å². The van der Waals surface area contributed by atoms with Gasteiger partial charge in [0.1, 0.15) is 5.82 Å². The van der Waals surface area contributed by atoms with Crippen molar-refractivity contribution in [2.75, 3.05) is 38.5 Å². The first-order chi connectivity index (χ1) is 18.0. The van der Waals surface area contributed by atoms with E-state index in [1.165, 1.54) is 4.57 Å². The van der Waals surface area contributed by atoms with Gasteiger partial charge in [-0.2, -0.15) is 4.98 Å². The Morgan fingerprint density at radius 1 is 1.08 bits per heavy atom. The largest absolute Gasteiger partial charge is 0.354 e. The highest BCUT2D eigenvalue weighted by atomic mass is 35.5. The minimum atomic E-state index is -0.947. The summed E-state index contributed by atoms with van der Waals surface area (Å²) in [5.41, 5.74) is 12.4. The summed E-state index contributed by atoms with van der Waals surface area (Å²) in [7, 11) is 2.14. The van der Waals surface area contributed by atoms with Gasteiger partial charge in [0, 0.05) is 51.0 Å². The van der Waals surface area contributed by atoms with Gasteiger partial charge in [0.2, 0.25) is 5.91 Å². The number of nitrogens with zero attached hydrogens (tertiary/aromatic N) is 5. The molecule has 5 N–H and O–H groups in total. The molecule has 1 aromatic carbocycles. The molecule has 39 heavy (non-hydrogen) atoms. The molecule has 0 unspecified atom stereocenters. The number of aromatic nitrogens is 2. The summed E-state index contributed by atoms with van der Waals surface area (Å²) in [6, 6.07) is 9.95. The molecule has 2 fully saturated rings. The predicted octanol–water partition coefficient (Wildman–Crippen LogP) is 1.77. The van der Waals surface area contributed by atoms with Gasteiger partial charge in [-0.15, -0.1) is 12.4 Å². The summed E-state index contributed by atoms with van der Waals surface area (Å²) in [6.07, 6.45) is 5.94. The molecule has 2 heterocycles. The molecule has 0 bridgehead atoms. The van der Waals surface area contributed by atoms with Crippen LogP contribution in [0.5, 0.6) is 0 Å². The lowest BCUT2D eigenvalue weighted by Gasteiger charge is -2.37. The zero-order valence-electron chi connectivity index (χ0n) is 23.0. The van der Waals surface area contributed by atoms with Gasteiger partial charge in [-0.05, 0) is 70.3 Å². The van der Waals surface area contributed by atoms with E-state index in [2.05, 4.69) is 28.3 Å². The zero-order valence-corrected chi connectivity index (χ0v) is 23.8. The molecule has 214 valence electrons. The van der Waals surface area contributed by atoms with E-state index in [4.69, 9.17) is 11.5 Å². The van der Waals surface area contributed by atoms with Crippen LogP contribution in [0, 0.1) is 0 Å². The number of halogens is 1. The maximum absolute atomic E-state index is 12.8. The Hall–Kier alpha value is -2.99. The standard InChI is InChI=1S/C27H40N8O3.ClH/c1-27(2,29)24(36)33-13-15-34(16-14-33)25(37)30-23-11-12-35(26(38)31-23)22-6-4-5-19(17-22)18-32(3)21-9-7-20(28)8-10-21;/h4-6,11-12,17,20-21H,7-10,13-16,18,28-29H2,1-3H3,(H,30,31,37,38);1H. The molecular formula is C27H41ClN8O3. The van der Waals surface area contributed by atoms with E-state index in [0.717, 1.165) is 43.5 Å². The molecule has 0 spiro atoms. The van der Waals surface area contributed by atoms with Crippen molar-refractivity contribution in [1.82, 2.24) is 24.3 Å². The average molecular weight is 561 g/mol. The number of nitrogens with one attached hydrogen (secondary N) is 1. The maximum Gasteiger partial charge on any atom is 0.354 e. The van der Waals surface area contributed by atoms with Crippen LogP contribution in [0.15, 0.2) is 41.3 Å². The second kappa shape index (κ2) is 12.9. The van der Waals surface area contributed by atoms with E-state index in [0.29, 0.717) is 38.3 Å². The summed E-state index contributed by atoms with van der Waals surface area (Å²) in [4.78, 5) is 47.6. The molecule has 1 saturated heterocycles. The van der Waals surface area contributed by atoms with Crippen molar-refractivity contribution < 1.29 is 9.59 Å². The fourth-order valence-electron chi connectivity index (χ4n) is 5.14. The molecule has 11 nitrogen and oxygen atoms in total. The number of hydrogen-bond donors (Lipinski definition) is 3. The third-order valence-electron chi connectivity index (χ3n) is 7.43. The lowest BCUT2D eigenvalue weighted by molar-refractivity contribution is -0.137. The van der Waals surface area contributed by atoms with Crippen molar-refractivity contribution >= 4 is 30.2 Å². The fourth-order valence-corrected chi connectivity index (χ4v) is 5.14. The molecule has 0 atom stereocenters. The minimum absolute atomic E-state index is 0. The number of nitrogens with two attached hydrogens (primary N) is 2. The lowest BCUT2D eigenvalue weighted by Crippen LogP contribution is -2.58. The summed E-state index contributed by atoms with van der Waals surface area (Å²) >= 11 is 0. The van der Waals surface area contributed by atoms with Gasteiger partial charge in [0.05, 0.1) is 11.2 Å². The number of benzene rings is 1. The molecule has 1 aliphatic heterocycles. The van der Waals surface area contributed by atoms with Crippen LogP contribution in [0.4, 0.5) is 10.6 Å². The number of urea groups is 1. The molecule has 0 radical (unpaired) electrons. The second-order valence-electron chi connectivity index (χ2n) is 11.1. The van der Waals surface area contributed by atoms with Crippen LogP contribution in [0.3, 0.4) is 0 Å². The first-order valence-corrected chi connectivity index (χ1v) is 13.3. The summed E-state index contributed by atoms with van der Waals surface area (Å²) < 4.78 is 1.47. The normalized spacial score (nSPS) is 19.9. The molecule has 4 rings (SSSR count). The number of carbonyl (C=O) groups excluding carboxylic acids is 2. The topological polar surface area (TPSA) is 143 Å². The third-order valence-corrected chi connectivity index (χ3v) is 7.43. The molecule has 12 heteroatoms. The molecule has 2 aliphatic rings. The highest BCUT2D eigenvalue weighted by Gasteiger charge is 2.31. The molecule has 3 amide bonds. The Bertz CT molecular complexity index is 1200. The van der Waals surface area contributed by atoms with Crippen LogP contribution in [-0.2, 0) is 11.3 Å². The van der Waals surface area contributed by atoms with Crippen molar-refractivity contribution in [1.29, 1.82) is 0 Å². The smallest absolute Gasteiger partial charge is 0.338 e. The molecule has 2 aromatic rings. The van der Waals surface area contributed by atoms with E-state index < -0.39 is 11.2 Å². The predicted molar refractivity (Wildman–Crippen MR) is 154 cm³/mol. The van der Waals surface area contributed by atoms with Crippen LogP contribution in [0.1, 0.15) is 45.1 Å². The van der Waals surface area contributed by atoms with Gasteiger partial charge >= 0.3 is 11.7 Å². The number of carbonyl (C=O) groups is 2. The highest BCUT2D eigenvalue weighted by molar-refractivity contribution is 5.89. The summed E-state index contributed by atoms with van der Waals surface area (Å²) in [6.45, 7) is 5.68. The highest BCUT2D eigenvalue weighted by Crippen LogP contribution is 2.23. The van der Waals surface area contributed by atoms with E-state index >= 15 is 0 Å². The van der Waals surface area contributed by atoms with Gasteiger partial charge in [-0.25, -0.2) is 9.59 Å². The van der Waals surface area contributed by atoms with Crippen molar-refractivity contribution in [2.24, 2.45) is 11.5 Å². The minimum Gasteiger partial charge on any atom is -0.338 e. The monoisotopic (exact) mass is 560 g/mol. The Kier molecular flexibility index (Phi) is 10.1. The van der Waals surface area contributed by atoms with Crippen LogP contribution in [-0.4, -0.2) is 87.0 Å². The van der Waals surface area contributed by atoms with E-state index in [-0.39, 0.29) is 30.2 Å². The quantitative estimate of drug-likeness (QED) is 0.488. The van der Waals surface area contributed by atoms with Gasteiger partial charge in [-0.1, -0.05) is 12.1 Å². The van der Waals surface area contributed by atoms with Gasteiger partial charge in [0.15, 0.2) is 0 Å². The van der Waals surface area contributed by atoms with Crippen LogP contribution in [0.2, 0.25) is 0 Å². The van der Waals surface area contributed by atoms with Gasteiger partial charge in [0.25, 0.3) is 0 Å². The molecule has 1 saturated carbocycles. The summed E-state index contributed by atoms with van der Waals surface area (Å²) in [5.74, 6) is 0.0431. The van der Waals surface area contributed by atoms with Crippen LogP contribution < -0.4 is 22.5 Å². The Morgan fingerprint density at radius 3 is 2.33 bits per heavy atom. The number of amides is 3. The maximum atomic E-state index is 12.8. The van der Waals surface area contributed by atoms with Crippen molar-refractivity contribution in [3.05, 3.63) is 52.6 Å². The number of hydrogen-bond acceptors (Lipinski definition) is 7. The summed E-state index contributed by atoms with van der Waals surface area (Å²) in [5, 5.41) is 2.70. The Balaban J connectivity index is 0.00000420. The fraction of sp³-hybridized carbons (Fsp3) is 0.556. The first-order valence-electron chi connectivity index (χ1n) is 13.3. The first kappa shape index (κ1) is 30.6. The lowest BCUT2D eigenvalue weighted by atomic mass is 9.91. The van der Waals surface area contributed by atoms with E-state index in [1.807, 2.05) is 18.2 Å². The molecular weight excluding hydrogens is 520 g/mol. The zero-order chi connectivity index (χ0) is 27.4. The number of anilines is 1. The van der Waals surface area contributed by atoms with Gasteiger partial charge in [-0.3, -0.25) is 19.6 Å². The van der Waals surface area contributed by atoms with E-state index in [9.17, 15) is 14.4 Å². The Labute approximate surface area is 235 Å². The van der Waals surface area contributed by atoms with Crippen LogP contribution >= 0.6 is 12.4 Å². The van der Waals surface area contributed by atoms with Gasteiger partial charge < -0.3 is 21.3 Å². The van der Waals surface area contributed by atoms with E-state index in [1.54, 1.807) is 35.9 Å². The van der Waals surface area contributed by atoms with Crippen molar-refractivity contribution in [3.63, 3.8) is 0 Å². The van der Waals surface area contributed by atoms with Crippen molar-refractivity contribution in [3.8, 4) is 5.69 Å². The average Bonchev–Trinajstić information content (AvgIpc) is 2.88. The number of piperazine rings is 1. The SMILES string of the molecule is CN(Cc1cccc(-n2ccc(NC(=O)N3CCN(C(=O)C(C)(C)N)CC3)nc2=O)c1)C1CCC(N)CC1.Cl. The molecule has 1 aromatic heterocycles. The molecule has 1 aliphatic carbocycles. The number of rotatable bonds is 6. The second-order valence-corrected chi connectivity index (χ2v) is 11.1. The third kappa shape index (κ3) is 7.78. The van der Waals surface area contributed by atoms with Crippen molar-refractivity contribution in [2.45, 2.75) is 63.7 Å². The Morgan fingerprint density at radius 2 is 1.72 bits per heavy atom.